The van der Waals surface area contributed by atoms with Crippen LogP contribution in [0.15, 0.2) is 30.6 Å². The number of halogens is 3. The molecular weight excluding hydrogens is 555 g/mol. The smallest absolute Gasteiger partial charge is 0.393 e. The first-order valence-electron chi connectivity index (χ1n) is 14.3. The molecule has 14 heteroatoms. The third-order valence-corrected chi connectivity index (χ3v) is 8.51. The Morgan fingerprint density at radius 1 is 1.19 bits per heavy atom. The number of hydrogen-bond acceptors (Lipinski definition) is 6. The molecule has 0 bridgehead atoms. The minimum absolute atomic E-state index is 0.124. The standard InChI is InChI=1S/C28H34F3N7O4/c1-2-37-21(11-12-33-37)24(39)35-23(17-7-5-3-4-6-8-17)20-16-38-22(34-20)10-9-19(36-38)14-27(26(41)42)13-18(28(29,30)31)15-32-25(27)40/h9-12,16-18,23H,2-8,13-15H2,1H3,(H,32,40)(H,35,39)(H,41,42). The molecule has 2 fully saturated rings. The van der Waals surface area contributed by atoms with E-state index in [4.69, 9.17) is 4.98 Å². The van der Waals surface area contributed by atoms with Crippen molar-refractivity contribution < 1.29 is 32.7 Å². The molecule has 2 aliphatic rings. The van der Waals surface area contributed by atoms with E-state index >= 15 is 0 Å². The second-order valence-corrected chi connectivity index (χ2v) is 11.2. The van der Waals surface area contributed by atoms with Crippen LogP contribution in [-0.2, 0) is 22.6 Å². The molecule has 2 amide bonds. The molecule has 3 N–H and O–H groups in total. The van der Waals surface area contributed by atoms with Crippen molar-refractivity contribution in [1.29, 1.82) is 0 Å². The maximum absolute atomic E-state index is 13.5. The predicted octanol–water partition coefficient (Wildman–Crippen LogP) is 3.70. The number of aromatic nitrogens is 5. The van der Waals surface area contributed by atoms with Crippen molar-refractivity contribution in [2.75, 3.05) is 6.54 Å². The van der Waals surface area contributed by atoms with Gasteiger partial charge in [0.15, 0.2) is 11.1 Å². The fraction of sp³-hybridized carbons (Fsp3) is 0.571. The van der Waals surface area contributed by atoms with Gasteiger partial charge >= 0.3 is 12.1 Å². The zero-order valence-electron chi connectivity index (χ0n) is 23.2. The van der Waals surface area contributed by atoms with Gasteiger partial charge in [-0.25, -0.2) is 9.50 Å². The highest BCUT2D eigenvalue weighted by atomic mass is 19.4. The van der Waals surface area contributed by atoms with Gasteiger partial charge in [-0.3, -0.25) is 19.1 Å². The van der Waals surface area contributed by atoms with E-state index in [1.165, 1.54) is 10.6 Å². The Labute approximate surface area is 239 Å². The molecule has 1 saturated heterocycles. The number of rotatable bonds is 8. The summed E-state index contributed by atoms with van der Waals surface area (Å²) in [6.45, 7) is 1.76. The molecule has 3 aromatic rings. The number of imidazole rings is 1. The molecule has 11 nitrogen and oxygen atoms in total. The number of aliphatic carboxylic acids is 1. The zero-order valence-corrected chi connectivity index (χ0v) is 23.2. The number of amides is 2. The van der Waals surface area contributed by atoms with Gasteiger partial charge in [-0.1, -0.05) is 25.7 Å². The monoisotopic (exact) mass is 589 g/mol. The molecular formula is C28H34F3N7O4. The van der Waals surface area contributed by atoms with Crippen LogP contribution >= 0.6 is 0 Å². The van der Waals surface area contributed by atoms with Crippen LogP contribution in [0.2, 0.25) is 0 Å². The van der Waals surface area contributed by atoms with Gasteiger partial charge < -0.3 is 15.7 Å². The highest BCUT2D eigenvalue weighted by molar-refractivity contribution is 6.02. The van der Waals surface area contributed by atoms with E-state index in [1.807, 2.05) is 6.92 Å². The van der Waals surface area contributed by atoms with Crippen LogP contribution in [0.5, 0.6) is 0 Å². The lowest BCUT2D eigenvalue weighted by atomic mass is 9.72. The molecule has 0 radical (unpaired) electrons. The molecule has 0 aromatic carbocycles. The molecule has 1 aliphatic carbocycles. The first-order chi connectivity index (χ1) is 20.0. The number of hydrogen-bond donors (Lipinski definition) is 3. The average Bonchev–Trinajstić information content (AvgIpc) is 3.51. The molecule has 3 unspecified atom stereocenters. The topological polar surface area (TPSA) is 144 Å². The highest BCUT2D eigenvalue weighted by Crippen LogP contribution is 2.41. The van der Waals surface area contributed by atoms with Crippen LogP contribution in [-0.4, -0.2) is 60.0 Å². The van der Waals surface area contributed by atoms with Crippen molar-refractivity contribution in [1.82, 2.24) is 35.0 Å². The zero-order chi connectivity index (χ0) is 30.1. The Balaban J connectivity index is 1.46. The Kier molecular flexibility index (Phi) is 8.24. The summed E-state index contributed by atoms with van der Waals surface area (Å²) in [6.07, 6.45) is 3.26. The second kappa shape index (κ2) is 11.7. The quantitative estimate of drug-likeness (QED) is 0.269. The highest BCUT2D eigenvalue weighted by Gasteiger charge is 2.56. The fourth-order valence-electron chi connectivity index (χ4n) is 6.18. The van der Waals surface area contributed by atoms with Crippen molar-refractivity contribution in [3.63, 3.8) is 0 Å². The van der Waals surface area contributed by atoms with E-state index in [0.29, 0.717) is 23.6 Å². The molecule has 1 saturated carbocycles. The number of carboxylic acids is 1. The Morgan fingerprint density at radius 2 is 1.93 bits per heavy atom. The number of nitrogens with zero attached hydrogens (tertiary/aromatic N) is 5. The van der Waals surface area contributed by atoms with Crippen molar-refractivity contribution in [3.05, 3.63) is 47.7 Å². The lowest BCUT2D eigenvalue weighted by Crippen LogP contribution is -2.57. The lowest BCUT2D eigenvalue weighted by Gasteiger charge is -2.37. The van der Waals surface area contributed by atoms with E-state index in [0.717, 1.165) is 38.5 Å². The maximum Gasteiger partial charge on any atom is 0.393 e. The third kappa shape index (κ3) is 5.84. The summed E-state index contributed by atoms with van der Waals surface area (Å²) in [6, 6.07) is 4.29. The number of carbonyl (C=O) groups is 3. The second-order valence-electron chi connectivity index (χ2n) is 11.2. The molecule has 3 atom stereocenters. The SMILES string of the molecule is CCn1nccc1C(=O)NC(c1cn2nc(CC3(C(=O)O)CC(C(F)(F)F)CNC3=O)ccc2n1)C1CCCCCC1. The lowest BCUT2D eigenvalue weighted by molar-refractivity contribution is -0.194. The maximum atomic E-state index is 13.5. The summed E-state index contributed by atoms with van der Waals surface area (Å²) in [5, 5.41) is 23.9. The van der Waals surface area contributed by atoms with Gasteiger partial charge in [0.1, 0.15) is 5.69 Å². The van der Waals surface area contributed by atoms with Crippen LogP contribution in [0.4, 0.5) is 13.2 Å². The van der Waals surface area contributed by atoms with Crippen molar-refractivity contribution in [3.8, 4) is 0 Å². The number of carboxylic acid groups (broad SMARTS) is 1. The predicted molar refractivity (Wildman–Crippen MR) is 143 cm³/mol. The summed E-state index contributed by atoms with van der Waals surface area (Å²) < 4.78 is 43.5. The van der Waals surface area contributed by atoms with Gasteiger partial charge in [0.25, 0.3) is 5.91 Å². The van der Waals surface area contributed by atoms with Gasteiger partial charge in [-0.2, -0.15) is 23.4 Å². The largest absolute Gasteiger partial charge is 0.480 e. The van der Waals surface area contributed by atoms with Crippen LogP contribution in [0.1, 0.15) is 79.8 Å². The first-order valence-corrected chi connectivity index (χ1v) is 14.3. The summed E-state index contributed by atoms with van der Waals surface area (Å²) in [5.74, 6) is -4.74. The van der Waals surface area contributed by atoms with E-state index in [9.17, 15) is 32.7 Å². The Morgan fingerprint density at radius 3 is 2.60 bits per heavy atom. The molecule has 1 aliphatic heterocycles. The van der Waals surface area contributed by atoms with Crippen LogP contribution in [0.3, 0.4) is 0 Å². The molecule has 5 rings (SSSR count). The van der Waals surface area contributed by atoms with Crippen molar-refractivity contribution in [2.45, 2.75) is 77.1 Å². The normalized spacial score (nSPS) is 22.9. The summed E-state index contributed by atoms with van der Waals surface area (Å²) >= 11 is 0. The van der Waals surface area contributed by atoms with Gasteiger partial charge in [0.05, 0.1) is 29.5 Å². The van der Waals surface area contributed by atoms with E-state index in [2.05, 4.69) is 20.8 Å². The van der Waals surface area contributed by atoms with E-state index in [-0.39, 0.29) is 17.5 Å². The number of carbonyl (C=O) groups excluding carboxylic acids is 2. The molecule has 4 heterocycles. The summed E-state index contributed by atoms with van der Waals surface area (Å²) in [4.78, 5) is 43.0. The van der Waals surface area contributed by atoms with Crippen LogP contribution in [0, 0.1) is 17.3 Å². The summed E-state index contributed by atoms with van der Waals surface area (Å²) in [5.41, 5.74) is -0.758. The Bertz CT molecular complexity index is 1460. The fourth-order valence-corrected chi connectivity index (χ4v) is 6.18. The van der Waals surface area contributed by atoms with Gasteiger partial charge in [0, 0.05) is 25.7 Å². The van der Waals surface area contributed by atoms with Crippen molar-refractivity contribution >= 4 is 23.4 Å². The first kappa shape index (κ1) is 29.5. The summed E-state index contributed by atoms with van der Waals surface area (Å²) in [7, 11) is 0. The minimum Gasteiger partial charge on any atom is -0.480 e. The molecule has 0 spiro atoms. The Hall–Kier alpha value is -3.97. The van der Waals surface area contributed by atoms with Crippen LogP contribution in [0.25, 0.3) is 5.65 Å². The number of aryl methyl sites for hydroxylation is 1. The van der Waals surface area contributed by atoms with E-state index < -0.39 is 54.8 Å². The van der Waals surface area contributed by atoms with Crippen molar-refractivity contribution in [2.24, 2.45) is 17.3 Å². The molecule has 3 aromatic heterocycles. The van der Waals surface area contributed by atoms with Gasteiger partial charge in [0.2, 0.25) is 5.91 Å². The minimum atomic E-state index is -4.66. The third-order valence-electron chi connectivity index (χ3n) is 8.51. The number of nitrogens with one attached hydrogen (secondary N) is 2. The molecule has 42 heavy (non-hydrogen) atoms. The molecule has 226 valence electrons. The number of alkyl halides is 3. The van der Waals surface area contributed by atoms with Gasteiger partial charge in [-0.15, -0.1) is 0 Å². The van der Waals surface area contributed by atoms with E-state index in [1.54, 1.807) is 29.2 Å². The van der Waals surface area contributed by atoms with Gasteiger partial charge in [-0.05, 0) is 50.3 Å². The number of piperidine rings is 1. The van der Waals surface area contributed by atoms with Crippen LogP contribution < -0.4 is 10.6 Å². The average molecular weight is 590 g/mol. The number of fused-ring (bicyclic) bond motifs is 1.